The summed E-state index contributed by atoms with van der Waals surface area (Å²) in [6, 6.07) is 9.79. The zero-order valence-electron chi connectivity index (χ0n) is 17.7. The molecule has 0 spiro atoms. The van der Waals surface area contributed by atoms with Crippen molar-refractivity contribution < 1.29 is 19.4 Å². The van der Waals surface area contributed by atoms with Crippen LogP contribution in [0.15, 0.2) is 54.4 Å². The van der Waals surface area contributed by atoms with Crippen LogP contribution >= 0.6 is 0 Å². The minimum atomic E-state index is -0.743. The third-order valence-corrected chi connectivity index (χ3v) is 4.86. The molecule has 3 rings (SSSR count). The van der Waals surface area contributed by atoms with Crippen molar-refractivity contribution in [1.29, 1.82) is 0 Å². The number of carbonyl (C=O) groups is 2. The summed E-state index contributed by atoms with van der Waals surface area (Å²) in [7, 11) is 3.80. The van der Waals surface area contributed by atoms with E-state index in [9.17, 15) is 14.7 Å². The van der Waals surface area contributed by atoms with E-state index in [1.54, 1.807) is 12.1 Å². The summed E-state index contributed by atoms with van der Waals surface area (Å²) >= 11 is 0. The molecule has 0 aliphatic carbocycles. The molecule has 1 N–H and O–H groups in total. The third kappa shape index (κ3) is 4.36. The quantitative estimate of drug-likeness (QED) is 0.430. The van der Waals surface area contributed by atoms with Crippen molar-refractivity contribution in [3.05, 3.63) is 65.5 Å². The molecular formula is C23H27N3O4. The van der Waals surface area contributed by atoms with Gasteiger partial charge in [0.05, 0.1) is 17.7 Å². The lowest BCUT2D eigenvalue weighted by Crippen LogP contribution is -2.35. The third-order valence-electron chi connectivity index (χ3n) is 4.86. The smallest absolute Gasteiger partial charge is 0.295 e. The molecule has 1 unspecified atom stereocenters. The number of rotatable bonds is 7. The maximum Gasteiger partial charge on any atom is 0.295 e. The SMILES string of the molecule is CC(C)Oc1ccccc1C1/C(=C(/O)c2ccncc2)C(=O)C(=O)N1CCN(C)C. The van der Waals surface area contributed by atoms with Crippen LogP contribution in [0, 0.1) is 0 Å². The monoisotopic (exact) mass is 409 g/mol. The fourth-order valence-electron chi connectivity index (χ4n) is 3.47. The predicted octanol–water partition coefficient (Wildman–Crippen LogP) is 2.85. The second kappa shape index (κ2) is 9.09. The van der Waals surface area contributed by atoms with Gasteiger partial charge in [0, 0.05) is 36.6 Å². The Hall–Kier alpha value is -3.19. The fourth-order valence-corrected chi connectivity index (χ4v) is 3.47. The molecule has 158 valence electrons. The number of ether oxygens (including phenoxy) is 1. The van der Waals surface area contributed by atoms with E-state index in [0.29, 0.717) is 30.0 Å². The molecule has 7 heteroatoms. The summed E-state index contributed by atoms with van der Waals surface area (Å²) in [5.74, 6) is -0.966. The van der Waals surface area contributed by atoms with Crippen LogP contribution in [-0.4, -0.2) is 64.9 Å². The first-order valence-electron chi connectivity index (χ1n) is 9.90. The number of aliphatic hydroxyl groups excluding tert-OH is 1. The van der Waals surface area contributed by atoms with Crippen molar-refractivity contribution in [1.82, 2.24) is 14.8 Å². The Morgan fingerprint density at radius 2 is 1.83 bits per heavy atom. The number of hydrogen-bond acceptors (Lipinski definition) is 6. The fraction of sp³-hybridized carbons (Fsp3) is 0.348. The van der Waals surface area contributed by atoms with E-state index < -0.39 is 17.7 Å². The molecule has 0 bridgehead atoms. The Morgan fingerprint density at radius 1 is 1.17 bits per heavy atom. The summed E-state index contributed by atoms with van der Waals surface area (Å²) in [5, 5.41) is 11.0. The molecule has 0 saturated carbocycles. The largest absolute Gasteiger partial charge is 0.507 e. The van der Waals surface area contributed by atoms with Crippen LogP contribution in [0.5, 0.6) is 5.75 Å². The topological polar surface area (TPSA) is 83.0 Å². The van der Waals surface area contributed by atoms with Gasteiger partial charge in [-0.15, -0.1) is 0 Å². The van der Waals surface area contributed by atoms with Gasteiger partial charge in [0.1, 0.15) is 11.5 Å². The van der Waals surface area contributed by atoms with Gasteiger partial charge in [-0.3, -0.25) is 14.6 Å². The zero-order chi connectivity index (χ0) is 21.8. The van der Waals surface area contributed by atoms with Crippen LogP contribution in [0.2, 0.25) is 0 Å². The number of nitrogens with zero attached hydrogens (tertiary/aromatic N) is 3. The Kier molecular flexibility index (Phi) is 6.52. The predicted molar refractivity (Wildman–Crippen MR) is 114 cm³/mol. The van der Waals surface area contributed by atoms with Crippen molar-refractivity contribution in [3.8, 4) is 5.75 Å². The van der Waals surface area contributed by atoms with E-state index in [1.165, 1.54) is 17.3 Å². The highest BCUT2D eigenvalue weighted by Gasteiger charge is 2.46. The number of ketones is 1. The number of Topliss-reactive ketones (excluding diaryl/α,β-unsaturated/α-hetero) is 1. The van der Waals surface area contributed by atoms with Crippen molar-refractivity contribution in [3.63, 3.8) is 0 Å². The lowest BCUT2D eigenvalue weighted by atomic mass is 9.95. The van der Waals surface area contributed by atoms with Crippen LogP contribution in [0.25, 0.3) is 5.76 Å². The number of pyridine rings is 1. The van der Waals surface area contributed by atoms with Crippen LogP contribution < -0.4 is 4.74 Å². The van der Waals surface area contributed by atoms with Gasteiger partial charge in [-0.05, 0) is 46.1 Å². The summed E-state index contributed by atoms with van der Waals surface area (Å²) in [6.45, 7) is 4.74. The van der Waals surface area contributed by atoms with Crippen LogP contribution in [0.3, 0.4) is 0 Å². The lowest BCUT2D eigenvalue weighted by Gasteiger charge is -2.28. The Balaban J connectivity index is 2.18. The molecule has 1 atom stereocenters. The van der Waals surface area contributed by atoms with Gasteiger partial charge in [0.25, 0.3) is 11.7 Å². The molecule has 1 aliphatic heterocycles. The van der Waals surface area contributed by atoms with Crippen LogP contribution in [-0.2, 0) is 9.59 Å². The van der Waals surface area contributed by atoms with Gasteiger partial charge < -0.3 is 19.6 Å². The van der Waals surface area contributed by atoms with E-state index in [1.807, 2.05) is 57.1 Å². The molecule has 7 nitrogen and oxygen atoms in total. The Bertz CT molecular complexity index is 954. The van der Waals surface area contributed by atoms with Crippen molar-refractivity contribution in [2.45, 2.75) is 26.0 Å². The second-order valence-corrected chi connectivity index (χ2v) is 7.74. The highest BCUT2D eigenvalue weighted by Crippen LogP contribution is 2.42. The minimum absolute atomic E-state index is 0.0600. The van der Waals surface area contributed by atoms with Crippen molar-refractivity contribution in [2.24, 2.45) is 0 Å². The first-order valence-corrected chi connectivity index (χ1v) is 9.90. The van der Waals surface area contributed by atoms with Gasteiger partial charge in [-0.25, -0.2) is 0 Å². The number of hydrogen-bond donors (Lipinski definition) is 1. The highest BCUT2D eigenvalue weighted by atomic mass is 16.5. The normalized spacial score (nSPS) is 18.5. The summed E-state index contributed by atoms with van der Waals surface area (Å²) in [6.07, 6.45) is 2.97. The van der Waals surface area contributed by atoms with E-state index in [0.717, 1.165) is 0 Å². The van der Waals surface area contributed by atoms with E-state index >= 15 is 0 Å². The van der Waals surface area contributed by atoms with Gasteiger partial charge in [-0.1, -0.05) is 18.2 Å². The number of aliphatic hydroxyl groups is 1. The van der Waals surface area contributed by atoms with E-state index in [4.69, 9.17) is 4.74 Å². The summed E-state index contributed by atoms with van der Waals surface area (Å²) in [5.41, 5.74) is 1.16. The average Bonchev–Trinajstić information content (AvgIpc) is 2.97. The number of benzene rings is 1. The standard InChI is InChI=1S/C23H27N3O4/c1-15(2)30-18-8-6-5-7-17(18)20-19(21(27)16-9-11-24-12-10-16)22(28)23(29)26(20)14-13-25(3)4/h5-12,15,20,27H,13-14H2,1-4H3/b21-19-. The molecule has 1 aromatic carbocycles. The molecule has 1 aliphatic rings. The molecule has 1 aromatic heterocycles. The van der Waals surface area contributed by atoms with Gasteiger partial charge >= 0.3 is 0 Å². The van der Waals surface area contributed by atoms with Crippen LogP contribution in [0.1, 0.15) is 31.0 Å². The number of carbonyl (C=O) groups excluding carboxylic acids is 2. The maximum atomic E-state index is 13.0. The number of likely N-dealkylation sites (N-methyl/N-ethyl adjacent to an activating group) is 1. The highest BCUT2D eigenvalue weighted by molar-refractivity contribution is 6.46. The van der Waals surface area contributed by atoms with Crippen LogP contribution in [0.4, 0.5) is 0 Å². The Morgan fingerprint density at radius 3 is 2.47 bits per heavy atom. The molecule has 1 amide bonds. The number of likely N-dealkylation sites (tertiary alicyclic amines) is 1. The summed E-state index contributed by atoms with van der Waals surface area (Å²) < 4.78 is 5.96. The first-order chi connectivity index (χ1) is 14.3. The maximum absolute atomic E-state index is 13.0. The number of amides is 1. The average molecular weight is 409 g/mol. The molecule has 2 heterocycles. The van der Waals surface area contributed by atoms with E-state index in [-0.39, 0.29) is 17.4 Å². The molecule has 1 saturated heterocycles. The van der Waals surface area contributed by atoms with Gasteiger partial charge in [0.2, 0.25) is 0 Å². The second-order valence-electron chi connectivity index (χ2n) is 7.74. The molecular weight excluding hydrogens is 382 g/mol. The Labute approximate surface area is 176 Å². The number of para-hydroxylation sites is 1. The molecule has 0 radical (unpaired) electrons. The first kappa shape index (κ1) is 21.5. The minimum Gasteiger partial charge on any atom is -0.507 e. The molecule has 1 fully saturated rings. The van der Waals surface area contributed by atoms with Gasteiger partial charge in [0.15, 0.2) is 0 Å². The summed E-state index contributed by atoms with van der Waals surface area (Å²) in [4.78, 5) is 33.4. The van der Waals surface area contributed by atoms with Crippen molar-refractivity contribution in [2.75, 3.05) is 27.2 Å². The zero-order valence-corrected chi connectivity index (χ0v) is 17.7. The van der Waals surface area contributed by atoms with Gasteiger partial charge in [-0.2, -0.15) is 0 Å². The molecule has 30 heavy (non-hydrogen) atoms. The number of aromatic nitrogens is 1. The van der Waals surface area contributed by atoms with Crippen molar-refractivity contribution >= 4 is 17.4 Å². The van der Waals surface area contributed by atoms with E-state index in [2.05, 4.69) is 4.98 Å². The molecule has 2 aromatic rings. The lowest BCUT2D eigenvalue weighted by molar-refractivity contribution is -0.140.